The number of rotatable bonds is 2. The van der Waals surface area contributed by atoms with E-state index in [9.17, 15) is 9.59 Å². The number of nitrogens with zero attached hydrogens (tertiary/aromatic N) is 2. The Balaban J connectivity index is 4.55. The molecule has 0 aliphatic carbocycles. The van der Waals surface area contributed by atoms with Gasteiger partial charge in [-0.15, -0.1) is 0 Å². The molecule has 0 spiro atoms. The van der Waals surface area contributed by atoms with Crippen LogP contribution >= 0.6 is 0 Å². The monoisotopic (exact) mass is 158 g/mol. The second kappa shape index (κ2) is 3.70. The third-order valence-electron chi connectivity index (χ3n) is 1.04. The lowest BCUT2D eigenvalue weighted by Crippen LogP contribution is -2.33. The van der Waals surface area contributed by atoms with Crippen LogP contribution in [-0.2, 0) is 9.59 Å². The number of Topliss-reactive ketones (excluding diaryl/α,β-unsaturated/α-hetero) is 1. The van der Waals surface area contributed by atoms with Crippen LogP contribution < -0.4 is 0 Å². The highest BCUT2D eigenvalue weighted by molar-refractivity contribution is 6.64. The van der Waals surface area contributed by atoms with Crippen molar-refractivity contribution in [3.63, 3.8) is 0 Å². The summed E-state index contributed by atoms with van der Waals surface area (Å²) in [6, 6.07) is 0. The van der Waals surface area contributed by atoms with Gasteiger partial charge in [-0.25, -0.2) is 0 Å². The van der Waals surface area contributed by atoms with Crippen LogP contribution in [0, 0.1) is 0 Å². The number of amides is 1. The maximum Gasteiger partial charge on any atom is 0.279 e. The lowest BCUT2D eigenvalue weighted by molar-refractivity contribution is -0.123. The zero-order chi connectivity index (χ0) is 9.02. The molecule has 0 aliphatic rings. The number of hydrogen-bond donors (Lipinski definition) is 1. The van der Waals surface area contributed by atoms with E-state index in [2.05, 4.69) is 5.16 Å². The van der Waals surface area contributed by atoms with Gasteiger partial charge >= 0.3 is 0 Å². The van der Waals surface area contributed by atoms with Gasteiger partial charge in [0.15, 0.2) is 5.78 Å². The van der Waals surface area contributed by atoms with Gasteiger partial charge in [-0.05, 0) is 0 Å². The molecule has 0 saturated carbocycles. The Morgan fingerprint density at radius 2 is 1.82 bits per heavy atom. The minimum atomic E-state index is -0.597. The smallest absolute Gasteiger partial charge is 0.279 e. The van der Waals surface area contributed by atoms with Gasteiger partial charge in [0, 0.05) is 21.0 Å². The fourth-order valence-electron chi connectivity index (χ4n) is 0.476. The lowest BCUT2D eigenvalue weighted by atomic mass is 10.2. The van der Waals surface area contributed by atoms with Crippen LogP contribution in [0.4, 0.5) is 0 Å². The van der Waals surface area contributed by atoms with E-state index >= 15 is 0 Å². The van der Waals surface area contributed by atoms with E-state index in [4.69, 9.17) is 5.21 Å². The zero-order valence-corrected chi connectivity index (χ0v) is 6.66. The molecule has 62 valence electrons. The molecule has 1 N–H and O–H groups in total. The second-order valence-electron chi connectivity index (χ2n) is 2.20. The maximum atomic E-state index is 10.9. The molecular formula is C6H10N2O3. The first kappa shape index (κ1) is 9.61. The molecule has 0 saturated heterocycles. The summed E-state index contributed by atoms with van der Waals surface area (Å²) in [5.41, 5.74) is -0.449. The van der Waals surface area contributed by atoms with Crippen molar-refractivity contribution in [1.29, 1.82) is 0 Å². The summed E-state index contributed by atoms with van der Waals surface area (Å²) in [4.78, 5) is 22.7. The van der Waals surface area contributed by atoms with Crippen molar-refractivity contribution in [2.75, 3.05) is 14.1 Å². The molecule has 0 rings (SSSR count). The summed E-state index contributed by atoms with van der Waals surface area (Å²) in [5.74, 6) is -1.15. The van der Waals surface area contributed by atoms with Crippen LogP contribution in [0.3, 0.4) is 0 Å². The number of oxime groups is 1. The average Bonchev–Trinajstić information content (AvgIpc) is 1.88. The number of carbonyl (C=O) groups is 2. The standard InChI is InChI=1S/C6H10N2O3/c1-4(9)5(7-11)6(10)8(2)3/h11H,1-3H3/b7-5+. The van der Waals surface area contributed by atoms with Gasteiger partial charge in [-0.1, -0.05) is 5.16 Å². The Bertz CT molecular complexity index is 208. The first-order chi connectivity index (χ1) is 5.00. The van der Waals surface area contributed by atoms with E-state index in [0.29, 0.717) is 0 Å². The van der Waals surface area contributed by atoms with Crippen LogP contribution in [-0.4, -0.2) is 41.6 Å². The van der Waals surface area contributed by atoms with Crippen molar-refractivity contribution in [2.24, 2.45) is 5.16 Å². The van der Waals surface area contributed by atoms with Gasteiger partial charge in [0.2, 0.25) is 5.71 Å². The molecule has 0 aromatic rings. The van der Waals surface area contributed by atoms with E-state index in [0.717, 1.165) is 11.8 Å². The summed E-state index contributed by atoms with van der Waals surface area (Å²) < 4.78 is 0. The Hall–Kier alpha value is -1.39. The van der Waals surface area contributed by atoms with Crippen LogP contribution in [0.15, 0.2) is 5.16 Å². The van der Waals surface area contributed by atoms with Crippen LogP contribution in [0.2, 0.25) is 0 Å². The summed E-state index contributed by atoms with van der Waals surface area (Å²) in [6.07, 6.45) is 0. The second-order valence-corrected chi connectivity index (χ2v) is 2.20. The van der Waals surface area contributed by atoms with Gasteiger partial charge in [0.25, 0.3) is 5.91 Å². The molecule has 1 amide bonds. The van der Waals surface area contributed by atoms with Crippen molar-refractivity contribution in [2.45, 2.75) is 6.92 Å². The Morgan fingerprint density at radius 1 is 1.36 bits per heavy atom. The average molecular weight is 158 g/mol. The van der Waals surface area contributed by atoms with E-state index in [1.165, 1.54) is 14.1 Å². The van der Waals surface area contributed by atoms with Crippen LogP contribution in [0.1, 0.15) is 6.92 Å². The van der Waals surface area contributed by atoms with Gasteiger partial charge < -0.3 is 10.1 Å². The van der Waals surface area contributed by atoms with Crippen LogP contribution in [0.5, 0.6) is 0 Å². The molecule has 0 heterocycles. The third-order valence-corrected chi connectivity index (χ3v) is 1.04. The van der Waals surface area contributed by atoms with Crippen molar-refractivity contribution in [1.82, 2.24) is 4.90 Å². The highest BCUT2D eigenvalue weighted by Crippen LogP contribution is 1.86. The zero-order valence-electron chi connectivity index (χ0n) is 6.66. The molecular weight excluding hydrogens is 148 g/mol. The molecule has 5 heteroatoms. The number of hydrogen-bond acceptors (Lipinski definition) is 4. The molecule has 0 unspecified atom stereocenters. The van der Waals surface area contributed by atoms with E-state index in [1.54, 1.807) is 0 Å². The maximum absolute atomic E-state index is 10.9. The van der Waals surface area contributed by atoms with Crippen LogP contribution in [0.25, 0.3) is 0 Å². The Morgan fingerprint density at radius 3 is 1.91 bits per heavy atom. The highest BCUT2D eigenvalue weighted by Gasteiger charge is 2.18. The summed E-state index contributed by atoms with van der Waals surface area (Å²) in [6.45, 7) is 1.16. The normalized spacial score (nSPS) is 11.0. The van der Waals surface area contributed by atoms with Gasteiger partial charge in [-0.3, -0.25) is 9.59 Å². The molecule has 0 fully saturated rings. The lowest BCUT2D eigenvalue weighted by Gasteiger charge is -2.08. The molecule has 0 atom stereocenters. The first-order valence-corrected chi connectivity index (χ1v) is 2.95. The van der Waals surface area contributed by atoms with Crippen molar-refractivity contribution < 1.29 is 14.8 Å². The van der Waals surface area contributed by atoms with Crippen molar-refractivity contribution in [3.8, 4) is 0 Å². The summed E-state index contributed by atoms with van der Waals surface area (Å²) in [7, 11) is 2.94. The fraction of sp³-hybridized carbons (Fsp3) is 0.500. The quantitative estimate of drug-likeness (QED) is 0.255. The number of carbonyl (C=O) groups excluding carboxylic acids is 2. The van der Waals surface area contributed by atoms with E-state index in [1.807, 2.05) is 0 Å². The van der Waals surface area contributed by atoms with Crippen molar-refractivity contribution in [3.05, 3.63) is 0 Å². The van der Waals surface area contributed by atoms with E-state index in [-0.39, 0.29) is 0 Å². The minimum absolute atomic E-state index is 0.449. The van der Waals surface area contributed by atoms with E-state index < -0.39 is 17.4 Å². The molecule has 0 radical (unpaired) electrons. The Kier molecular flexibility index (Phi) is 3.23. The fourth-order valence-corrected chi connectivity index (χ4v) is 0.476. The SMILES string of the molecule is CC(=O)/C(=N\O)C(=O)N(C)C. The molecule has 0 aliphatic heterocycles. The third kappa shape index (κ3) is 2.37. The van der Waals surface area contributed by atoms with Gasteiger partial charge in [0.05, 0.1) is 0 Å². The predicted molar refractivity (Wildman–Crippen MR) is 38.6 cm³/mol. The molecule has 5 nitrogen and oxygen atoms in total. The highest BCUT2D eigenvalue weighted by atomic mass is 16.4. The summed E-state index contributed by atoms with van der Waals surface area (Å²) in [5, 5.41) is 10.8. The van der Waals surface area contributed by atoms with Gasteiger partial charge in [-0.2, -0.15) is 0 Å². The molecule has 0 aromatic heterocycles. The predicted octanol–water partition coefficient (Wildman–Crippen LogP) is -0.506. The topological polar surface area (TPSA) is 70.0 Å². The largest absolute Gasteiger partial charge is 0.410 e. The summed E-state index contributed by atoms with van der Waals surface area (Å²) >= 11 is 0. The first-order valence-electron chi connectivity index (χ1n) is 2.95. The molecule has 0 aromatic carbocycles. The van der Waals surface area contributed by atoms with Gasteiger partial charge in [0.1, 0.15) is 0 Å². The Labute approximate surface area is 64.3 Å². The molecule has 11 heavy (non-hydrogen) atoms. The van der Waals surface area contributed by atoms with Crippen molar-refractivity contribution >= 4 is 17.4 Å². The minimum Gasteiger partial charge on any atom is -0.410 e. The number of ketones is 1. The molecule has 0 bridgehead atoms.